The fourth-order valence-electron chi connectivity index (χ4n) is 3.07. The summed E-state index contributed by atoms with van der Waals surface area (Å²) in [6.07, 6.45) is 0. The van der Waals surface area contributed by atoms with Gasteiger partial charge in [-0.05, 0) is 37.6 Å². The maximum Gasteiger partial charge on any atom is 0.291 e. The first-order chi connectivity index (χ1) is 13.6. The molecule has 0 fully saturated rings. The van der Waals surface area contributed by atoms with Crippen LogP contribution in [0.1, 0.15) is 22.2 Å². The van der Waals surface area contributed by atoms with E-state index in [0.717, 1.165) is 20.3 Å². The molecule has 0 aliphatic rings. The zero-order valence-electron chi connectivity index (χ0n) is 15.6. The highest BCUT2D eigenvalue weighted by Gasteiger charge is 2.17. The lowest BCUT2D eigenvalue weighted by Crippen LogP contribution is -2.19. The Bertz CT molecular complexity index is 1240. The molecule has 0 aliphatic carbocycles. The van der Waals surface area contributed by atoms with E-state index >= 15 is 0 Å². The lowest BCUT2D eigenvalue weighted by Gasteiger charge is -2.05. The van der Waals surface area contributed by atoms with Crippen molar-refractivity contribution in [3.63, 3.8) is 0 Å². The van der Waals surface area contributed by atoms with E-state index in [1.165, 1.54) is 28.2 Å². The normalized spacial score (nSPS) is 12.3. The molecule has 0 N–H and O–H groups in total. The Morgan fingerprint density at radius 2 is 2.00 bits per heavy atom. The fraction of sp³-hybridized carbons (Fsp3) is 0.238. The first-order valence-electron chi connectivity index (χ1n) is 9.02. The summed E-state index contributed by atoms with van der Waals surface area (Å²) in [6.45, 7) is 5.90. The monoisotopic (exact) mass is 430 g/mol. The summed E-state index contributed by atoms with van der Waals surface area (Å²) in [7, 11) is 0. The molecule has 0 radical (unpaired) electrons. The van der Waals surface area contributed by atoms with Crippen LogP contribution in [-0.4, -0.2) is 23.7 Å². The number of aromatic nitrogens is 1. The fourth-order valence-corrected chi connectivity index (χ4v) is 5.62. The molecule has 2 heterocycles. The molecule has 0 unspecified atom stereocenters. The number of hydrogen-bond acceptors (Lipinski definition) is 4. The Balaban J connectivity index is 1.81. The second-order valence-electron chi connectivity index (χ2n) is 6.36. The van der Waals surface area contributed by atoms with Gasteiger partial charge in [0.2, 0.25) is 0 Å². The van der Waals surface area contributed by atoms with Crippen LogP contribution in [0.3, 0.4) is 0 Å². The van der Waals surface area contributed by atoms with Crippen molar-refractivity contribution >= 4 is 60.5 Å². The highest BCUT2D eigenvalue weighted by molar-refractivity contribution is 7.21. The van der Waals surface area contributed by atoms with Gasteiger partial charge in [0.05, 0.1) is 21.8 Å². The van der Waals surface area contributed by atoms with Crippen LogP contribution in [0, 0.1) is 6.92 Å². The lowest BCUT2D eigenvalue weighted by molar-refractivity contribution is 0.100. The Morgan fingerprint density at radius 3 is 2.79 bits per heavy atom. The van der Waals surface area contributed by atoms with Crippen molar-refractivity contribution in [3.05, 3.63) is 62.7 Å². The number of ether oxygens (including phenoxy) is 1. The van der Waals surface area contributed by atoms with E-state index in [-0.39, 0.29) is 5.91 Å². The van der Waals surface area contributed by atoms with Crippen LogP contribution in [0.2, 0.25) is 5.02 Å². The van der Waals surface area contributed by atoms with Crippen molar-refractivity contribution in [2.45, 2.75) is 20.4 Å². The van der Waals surface area contributed by atoms with E-state index in [1.54, 1.807) is 0 Å². The van der Waals surface area contributed by atoms with Crippen LogP contribution in [0.15, 0.2) is 47.5 Å². The maximum atomic E-state index is 13.0. The number of thiophene rings is 1. The van der Waals surface area contributed by atoms with Crippen LogP contribution in [0.4, 0.5) is 0 Å². The van der Waals surface area contributed by atoms with E-state index in [4.69, 9.17) is 16.3 Å². The van der Waals surface area contributed by atoms with Gasteiger partial charge >= 0.3 is 0 Å². The predicted octanol–water partition coefficient (Wildman–Crippen LogP) is 5.66. The standard InChI is InChI=1S/C21H19ClN2O2S2/c1-3-26-11-10-24-15-9-8-13(2)12-17(15)28-21(24)23-20(25)19-18(22)14-6-4-5-7-16(14)27-19/h4-9,12H,3,10-11H2,1-2H3. The van der Waals surface area contributed by atoms with Gasteiger partial charge in [-0.25, -0.2) is 0 Å². The summed E-state index contributed by atoms with van der Waals surface area (Å²) < 4.78 is 9.66. The molecule has 7 heteroatoms. The van der Waals surface area contributed by atoms with Crippen molar-refractivity contribution in [2.24, 2.45) is 4.99 Å². The van der Waals surface area contributed by atoms with Crippen LogP contribution in [0.5, 0.6) is 0 Å². The van der Waals surface area contributed by atoms with E-state index in [2.05, 4.69) is 30.1 Å². The predicted molar refractivity (Wildman–Crippen MR) is 118 cm³/mol. The molecule has 0 atom stereocenters. The number of nitrogens with zero attached hydrogens (tertiary/aromatic N) is 2. The van der Waals surface area contributed by atoms with E-state index < -0.39 is 0 Å². The van der Waals surface area contributed by atoms with Gasteiger partial charge in [0.1, 0.15) is 4.88 Å². The van der Waals surface area contributed by atoms with E-state index in [0.29, 0.717) is 34.5 Å². The smallest absolute Gasteiger partial charge is 0.291 e. The van der Waals surface area contributed by atoms with Crippen molar-refractivity contribution in [1.29, 1.82) is 0 Å². The van der Waals surface area contributed by atoms with E-state index in [9.17, 15) is 4.79 Å². The minimum absolute atomic E-state index is 0.306. The third-order valence-electron chi connectivity index (χ3n) is 4.43. The third kappa shape index (κ3) is 3.65. The highest BCUT2D eigenvalue weighted by Crippen LogP contribution is 2.35. The van der Waals surface area contributed by atoms with Gasteiger partial charge in [0.25, 0.3) is 5.91 Å². The number of hydrogen-bond donors (Lipinski definition) is 0. The summed E-state index contributed by atoms with van der Waals surface area (Å²) >= 11 is 9.36. The number of carbonyl (C=O) groups is 1. The molecule has 0 spiro atoms. The number of benzene rings is 2. The molecule has 28 heavy (non-hydrogen) atoms. The highest BCUT2D eigenvalue weighted by atomic mass is 35.5. The summed E-state index contributed by atoms with van der Waals surface area (Å²) in [4.78, 5) is 18.5. The lowest BCUT2D eigenvalue weighted by atomic mass is 10.2. The molecular formula is C21H19ClN2O2S2. The molecule has 0 bridgehead atoms. The SMILES string of the molecule is CCOCCn1c(=NC(=O)c2sc3ccccc3c2Cl)sc2cc(C)ccc21. The molecule has 0 aliphatic heterocycles. The van der Waals surface area contributed by atoms with Gasteiger partial charge in [-0.15, -0.1) is 11.3 Å². The zero-order valence-corrected chi connectivity index (χ0v) is 18.0. The molecule has 2 aromatic carbocycles. The molecule has 0 saturated carbocycles. The van der Waals surface area contributed by atoms with Crippen LogP contribution < -0.4 is 4.80 Å². The quantitative estimate of drug-likeness (QED) is 0.383. The van der Waals surface area contributed by atoms with Gasteiger partial charge < -0.3 is 9.30 Å². The Morgan fingerprint density at radius 1 is 1.18 bits per heavy atom. The average molecular weight is 431 g/mol. The molecule has 144 valence electrons. The molecular weight excluding hydrogens is 412 g/mol. The molecule has 4 rings (SSSR count). The minimum Gasteiger partial charge on any atom is -0.380 e. The van der Waals surface area contributed by atoms with Gasteiger partial charge in [-0.3, -0.25) is 4.79 Å². The van der Waals surface area contributed by atoms with Crippen LogP contribution in [0.25, 0.3) is 20.3 Å². The van der Waals surface area contributed by atoms with E-state index in [1.807, 2.05) is 35.8 Å². The number of carbonyl (C=O) groups excluding carboxylic acids is 1. The average Bonchev–Trinajstić information content (AvgIpc) is 3.19. The van der Waals surface area contributed by atoms with Gasteiger partial charge in [-0.1, -0.05) is 47.2 Å². The molecule has 0 saturated heterocycles. The van der Waals surface area contributed by atoms with Gasteiger partial charge in [-0.2, -0.15) is 4.99 Å². The van der Waals surface area contributed by atoms with Crippen molar-refractivity contribution < 1.29 is 9.53 Å². The van der Waals surface area contributed by atoms with Crippen LogP contribution in [-0.2, 0) is 11.3 Å². The Hall–Kier alpha value is -1.99. The summed E-state index contributed by atoms with van der Waals surface area (Å²) in [5.41, 5.74) is 2.24. The molecule has 2 aromatic heterocycles. The first kappa shape index (κ1) is 19.3. The number of rotatable bonds is 5. The molecule has 4 aromatic rings. The largest absolute Gasteiger partial charge is 0.380 e. The Labute approximate surface area is 175 Å². The minimum atomic E-state index is -0.306. The first-order valence-corrected chi connectivity index (χ1v) is 11.0. The van der Waals surface area contributed by atoms with Crippen molar-refractivity contribution in [1.82, 2.24) is 4.57 Å². The van der Waals surface area contributed by atoms with Gasteiger partial charge in [0, 0.05) is 23.2 Å². The number of fused-ring (bicyclic) bond motifs is 2. The van der Waals surface area contributed by atoms with Crippen LogP contribution >= 0.6 is 34.3 Å². The van der Waals surface area contributed by atoms with Crippen molar-refractivity contribution in [3.8, 4) is 0 Å². The third-order valence-corrected chi connectivity index (χ3v) is 7.13. The topological polar surface area (TPSA) is 43.6 Å². The van der Waals surface area contributed by atoms with Crippen molar-refractivity contribution in [2.75, 3.05) is 13.2 Å². The number of amides is 1. The second-order valence-corrected chi connectivity index (χ2v) is 8.80. The summed E-state index contributed by atoms with van der Waals surface area (Å²) in [5, 5.41) is 1.37. The zero-order chi connectivity index (χ0) is 19.7. The Kier molecular flexibility index (Phi) is 5.64. The molecule has 4 nitrogen and oxygen atoms in total. The second kappa shape index (κ2) is 8.17. The number of halogens is 1. The summed E-state index contributed by atoms with van der Waals surface area (Å²) in [6, 6.07) is 14.0. The number of thiazole rings is 1. The van der Waals surface area contributed by atoms with Gasteiger partial charge in [0.15, 0.2) is 4.80 Å². The summed E-state index contributed by atoms with van der Waals surface area (Å²) in [5.74, 6) is -0.306. The maximum absolute atomic E-state index is 13.0. The molecule has 1 amide bonds. The number of aryl methyl sites for hydroxylation is 1.